The summed E-state index contributed by atoms with van der Waals surface area (Å²) < 4.78 is 18.5. The fraction of sp³-hybridized carbons (Fsp3) is 0. The Hall–Kier alpha value is -3.89. The zero-order valence-electron chi connectivity index (χ0n) is 14.6. The number of carboxylic acid groups (broad SMARTS) is 1. The van der Waals surface area contributed by atoms with Gasteiger partial charge in [-0.05, 0) is 54.6 Å². The smallest absolute Gasteiger partial charge is 0.335 e. The number of carbonyl (C=O) groups is 2. The Bertz CT molecular complexity index is 1160. The van der Waals surface area contributed by atoms with Gasteiger partial charge in [-0.25, -0.2) is 9.18 Å². The summed E-state index contributed by atoms with van der Waals surface area (Å²) >= 11 is 6.12. The summed E-state index contributed by atoms with van der Waals surface area (Å²) in [4.78, 5) is 23.4. The number of nitrogens with one attached hydrogen (secondary N) is 1. The number of amides is 1. The second-order valence-electron chi connectivity index (χ2n) is 5.83. The molecule has 0 fully saturated rings. The molecule has 1 amide bonds. The Balaban J connectivity index is 1.85. The van der Waals surface area contributed by atoms with Gasteiger partial charge in [0.25, 0.3) is 5.91 Å². The minimum atomic E-state index is -1.11. The molecule has 29 heavy (non-hydrogen) atoms. The van der Waals surface area contributed by atoms with Crippen LogP contribution in [0, 0.1) is 17.1 Å². The maximum atomic E-state index is 12.9. The molecule has 2 aromatic carbocycles. The highest BCUT2D eigenvalue weighted by Crippen LogP contribution is 2.31. The SMILES string of the molecule is N#C/C(=C/c1ccc(-c2cc(C(=O)O)ccc2Cl)o1)C(=O)Nc1ccc(F)cc1. The van der Waals surface area contributed by atoms with Crippen molar-refractivity contribution in [2.24, 2.45) is 0 Å². The normalized spacial score (nSPS) is 11.0. The molecule has 0 atom stereocenters. The molecule has 3 aromatic rings. The van der Waals surface area contributed by atoms with Gasteiger partial charge >= 0.3 is 5.97 Å². The van der Waals surface area contributed by atoms with Gasteiger partial charge in [-0.3, -0.25) is 4.79 Å². The van der Waals surface area contributed by atoms with Crippen LogP contribution < -0.4 is 5.32 Å². The molecule has 0 spiro atoms. The van der Waals surface area contributed by atoms with Crippen LogP contribution in [-0.2, 0) is 4.79 Å². The predicted molar refractivity (Wildman–Crippen MR) is 105 cm³/mol. The lowest BCUT2D eigenvalue weighted by molar-refractivity contribution is -0.112. The zero-order valence-corrected chi connectivity index (χ0v) is 15.4. The third-order valence-corrected chi connectivity index (χ3v) is 4.19. The van der Waals surface area contributed by atoms with Gasteiger partial charge < -0.3 is 14.8 Å². The fourth-order valence-corrected chi connectivity index (χ4v) is 2.66. The first-order valence-corrected chi connectivity index (χ1v) is 8.57. The molecule has 2 N–H and O–H groups in total. The number of carboxylic acids is 1. The molecule has 8 heteroatoms. The van der Waals surface area contributed by atoms with Gasteiger partial charge in [0.15, 0.2) is 0 Å². The van der Waals surface area contributed by atoms with Crippen molar-refractivity contribution in [2.45, 2.75) is 0 Å². The monoisotopic (exact) mass is 410 g/mol. The van der Waals surface area contributed by atoms with Gasteiger partial charge in [0, 0.05) is 17.3 Å². The highest BCUT2D eigenvalue weighted by atomic mass is 35.5. The molecule has 0 aliphatic heterocycles. The number of aromatic carboxylic acids is 1. The zero-order chi connectivity index (χ0) is 21.0. The quantitative estimate of drug-likeness (QED) is 0.456. The van der Waals surface area contributed by atoms with E-state index in [0.29, 0.717) is 11.3 Å². The van der Waals surface area contributed by atoms with Crippen molar-refractivity contribution in [3.8, 4) is 17.4 Å². The Morgan fingerprint density at radius 1 is 1.14 bits per heavy atom. The highest BCUT2D eigenvalue weighted by Gasteiger charge is 2.14. The number of nitriles is 1. The number of halogens is 2. The van der Waals surface area contributed by atoms with E-state index >= 15 is 0 Å². The van der Waals surface area contributed by atoms with Gasteiger partial charge in [0.05, 0.1) is 10.6 Å². The lowest BCUT2D eigenvalue weighted by Gasteiger charge is -2.04. The van der Waals surface area contributed by atoms with Crippen LogP contribution in [-0.4, -0.2) is 17.0 Å². The molecule has 0 aliphatic rings. The van der Waals surface area contributed by atoms with Gasteiger partial charge in [0.1, 0.15) is 29.0 Å². The second-order valence-corrected chi connectivity index (χ2v) is 6.24. The summed E-state index contributed by atoms with van der Waals surface area (Å²) in [6, 6.07) is 14.1. The Morgan fingerprint density at radius 2 is 1.86 bits per heavy atom. The van der Waals surface area contributed by atoms with Crippen LogP contribution >= 0.6 is 11.6 Å². The molecule has 3 rings (SSSR count). The first-order chi connectivity index (χ1) is 13.9. The number of furan rings is 1. The van der Waals surface area contributed by atoms with E-state index in [1.165, 1.54) is 54.6 Å². The minimum absolute atomic E-state index is 0.0364. The molecule has 0 saturated carbocycles. The number of rotatable bonds is 5. The van der Waals surface area contributed by atoms with Crippen molar-refractivity contribution in [1.82, 2.24) is 0 Å². The molecule has 0 aliphatic carbocycles. The summed E-state index contributed by atoms with van der Waals surface area (Å²) in [5, 5.41) is 21.2. The van der Waals surface area contributed by atoms with Gasteiger partial charge in [0.2, 0.25) is 0 Å². The van der Waals surface area contributed by atoms with Crippen molar-refractivity contribution in [3.05, 3.63) is 82.3 Å². The predicted octanol–water partition coefficient (Wildman–Crippen LogP) is 4.98. The first kappa shape index (κ1) is 19.9. The highest BCUT2D eigenvalue weighted by molar-refractivity contribution is 6.33. The maximum absolute atomic E-state index is 12.9. The average Bonchev–Trinajstić information content (AvgIpc) is 3.16. The van der Waals surface area contributed by atoms with E-state index in [-0.39, 0.29) is 27.7 Å². The third kappa shape index (κ3) is 4.69. The van der Waals surface area contributed by atoms with E-state index in [2.05, 4.69) is 5.32 Å². The lowest BCUT2D eigenvalue weighted by atomic mass is 10.1. The standard InChI is InChI=1S/C21H12ClFN2O4/c22-18-7-1-12(21(27)28)10-17(18)19-8-6-16(29-19)9-13(11-24)20(26)25-15-4-2-14(23)3-5-15/h1-10H,(H,25,26)(H,27,28)/b13-9-. The van der Waals surface area contributed by atoms with Crippen LogP contribution in [0.25, 0.3) is 17.4 Å². The van der Waals surface area contributed by atoms with Crippen LogP contribution in [0.4, 0.5) is 10.1 Å². The van der Waals surface area contributed by atoms with Crippen LogP contribution in [0.2, 0.25) is 5.02 Å². The van der Waals surface area contributed by atoms with Crippen molar-refractivity contribution in [3.63, 3.8) is 0 Å². The van der Waals surface area contributed by atoms with E-state index in [1.807, 2.05) is 0 Å². The maximum Gasteiger partial charge on any atom is 0.335 e. The van der Waals surface area contributed by atoms with Crippen molar-refractivity contribution < 1.29 is 23.5 Å². The third-order valence-electron chi connectivity index (χ3n) is 3.86. The summed E-state index contributed by atoms with van der Waals surface area (Å²) in [5.74, 6) is -1.78. The van der Waals surface area contributed by atoms with E-state index in [9.17, 15) is 19.2 Å². The van der Waals surface area contributed by atoms with Crippen LogP contribution in [0.5, 0.6) is 0 Å². The second kappa shape index (κ2) is 8.42. The van der Waals surface area contributed by atoms with Crippen molar-refractivity contribution in [1.29, 1.82) is 5.26 Å². The topological polar surface area (TPSA) is 103 Å². The van der Waals surface area contributed by atoms with Crippen molar-refractivity contribution in [2.75, 3.05) is 5.32 Å². The van der Waals surface area contributed by atoms with Crippen LogP contribution in [0.1, 0.15) is 16.1 Å². The fourth-order valence-electron chi connectivity index (χ4n) is 2.44. The average molecular weight is 411 g/mol. The number of hydrogen-bond acceptors (Lipinski definition) is 4. The molecule has 144 valence electrons. The number of carbonyl (C=O) groups excluding carboxylic acids is 1. The molecule has 0 bridgehead atoms. The molecule has 0 saturated heterocycles. The molecular formula is C21H12ClFN2O4. The molecule has 6 nitrogen and oxygen atoms in total. The van der Waals surface area contributed by atoms with Gasteiger partial charge in [-0.2, -0.15) is 5.26 Å². The summed E-state index contributed by atoms with van der Waals surface area (Å²) in [7, 11) is 0. The van der Waals surface area contributed by atoms with Gasteiger partial charge in [-0.15, -0.1) is 0 Å². The summed E-state index contributed by atoms with van der Waals surface area (Å²) in [5.41, 5.74) is 0.491. The van der Waals surface area contributed by atoms with E-state index in [4.69, 9.17) is 21.1 Å². The Kier molecular flexibility index (Phi) is 5.77. The minimum Gasteiger partial charge on any atom is -0.478 e. The van der Waals surface area contributed by atoms with Crippen molar-refractivity contribution >= 4 is 35.2 Å². The number of benzene rings is 2. The number of nitrogens with zero attached hydrogens (tertiary/aromatic N) is 1. The van der Waals surface area contributed by atoms with E-state index in [0.717, 1.165) is 0 Å². The molecular weight excluding hydrogens is 399 g/mol. The molecule has 0 radical (unpaired) electrons. The van der Waals surface area contributed by atoms with Crippen LogP contribution in [0.3, 0.4) is 0 Å². The first-order valence-electron chi connectivity index (χ1n) is 8.19. The van der Waals surface area contributed by atoms with E-state index < -0.39 is 17.7 Å². The number of hydrogen-bond donors (Lipinski definition) is 2. The summed E-state index contributed by atoms with van der Waals surface area (Å²) in [6.45, 7) is 0. The Labute approximate surface area is 169 Å². The van der Waals surface area contributed by atoms with Crippen LogP contribution in [0.15, 0.2) is 64.6 Å². The van der Waals surface area contributed by atoms with Gasteiger partial charge in [-0.1, -0.05) is 11.6 Å². The molecule has 1 aromatic heterocycles. The Morgan fingerprint density at radius 3 is 2.52 bits per heavy atom. The van der Waals surface area contributed by atoms with E-state index in [1.54, 1.807) is 12.1 Å². The molecule has 0 unspecified atom stereocenters. The summed E-state index contributed by atoms with van der Waals surface area (Å²) in [6.07, 6.45) is 1.23. The largest absolute Gasteiger partial charge is 0.478 e. The number of anilines is 1. The molecule has 1 heterocycles. The lowest BCUT2D eigenvalue weighted by Crippen LogP contribution is -2.13.